The number of nitrogens with zero attached hydrogens (tertiary/aromatic N) is 1. The first kappa shape index (κ1) is 14.7. The van der Waals surface area contributed by atoms with Gasteiger partial charge >= 0.3 is 0 Å². The van der Waals surface area contributed by atoms with Crippen LogP contribution in [0.3, 0.4) is 0 Å². The molecule has 18 heavy (non-hydrogen) atoms. The molecule has 0 aliphatic heterocycles. The molecule has 0 bridgehead atoms. The van der Waals surface area contributed by atoms with Gasteiger partial charge in [-0.05, 0) is 38.4 Å². The Hall–Kier alpha value is -1.39. The molecule has 4 heteroatoms. The van der Waals surface area contributed by atoms with Gasteiger partial charge in [0.2, 0.25) is 5.91 Å². The number of carbonyl (C=O) groups excluding carboxylic acids is 1. The van der Waals surface area contributed by atoms with Gasteiger partial charge in [-0.1, -0.05) is 30.3 Å². The number of hydrogen-bond acceptors (Lipinski definition) is 3. The van der Waals surface area contributed by atoms with Crippen LogP contribution in [-0.4, -0.2) is 36.2 Å². The first-order chi connectivity index (χ1) is 8.72. The van der Waals surface area contributed by atoms with Crippen molar-refractivity contribution in [2.24, 2.45) is 0 Å². The van der Waals surface area contributed by atoms with E-state index in [-0.39, 0.29) is 5.91 Å². The lowest BCUT2D eigenvalue weighted by atomic mass is 10.1. The van der Waals surface area contributed by atoms with Gasteiger partial charge in [0.15, 0.2) is 0 Å². The van der Waals surface area contributed by atoms with Crippen molar-refractivity contribution in [2.45, 2.75) is 25.7 Å². The molecular weight excluding hydrogens is 228 g/mol. The topological polar surface area (TPSA) is 52.6 Å². The fourth-order valence-electron chi connectivity index (χ4n) is 1.82. The van der Waals surface area contributed by atoms with Gasteiger partial charge in [0.25, 0.3) is 0 Å². The van der Waals surface area contributed by atoms with Gasteiger partial charge in [0.05, 0.1) is 0 Å². The van der Waals surface area contributed by atoms with Gasteiger partial charge in [-0.2, -0.15) is 0 Å². The maximum atomic E-state index is 10.8. The molecule has 0 saturated heterocycles. The number of rotatable bonds is 8. The minimum atomic E-state index is -0.328. The number of nitrogens with one attached hydrogen (secondary N) is 1. The van der Waals surface area contributed by atoms with Gasteiger partial charge in [-0.25, -0.2) is 5.48 Å². The van der Waals surface area contributed by atoms with Crippen molar-refractivity contribution >= 4 is 5.91 Å². The minimum Gasteiger partial charge on any atom is -0.306 e. The highest BCUT2D eigenvalue weighted by Gasteiger charge is 2.03. The van der Waals surface area contributed by atoms with Crippen molar-refractivity contribution in [1.82, 2.24) is 10.4 Å². The maximum absolute atomic E-state index is 10.8. The summed E-state index contributed by atoms with van der Waals surface area (Å²) in [6.45, 7) is 1.66. The molecule has 1 rings (SSSR count). The second-order valence-electron chi connectivity index (χ2n) is 4.53. The third kappa shape index (κ3) is 6.37. The first-order valence-corrected chi connectivity index (χ1v) is 6.38. The molecule has 0 aliphatic carbocycles. The zero-order valence-corrected chi connectivity index (χ0v) is 10.9. The predicted molar refractivity (Wildman–Crippen MR) is 71.4 cm³/mol. The van der Waals surface area contributed by atoms with Gasteiger partial charge in [0, 0.05) is 13.0 Å². The van der Waals surface area contributed by atoms with Crippen LogP contribution in [0, 0.1) is 0 Å². The van der Waals surface area contributed by atoms with Gasteiger partial charge in [-0.3, -0.25) is 10.0 Å². The van der Waals surface area contributed by atoms with E-state index in [1.54, 1.807) is 5.48 Å². The van der Waals surface area contributed by atoms with Gasteiger partial charge < -0.3 is 4.90 Å². The molecule has 0 fully saturated rings. The van der Waals surface area contributed by atoms with Crippen LogP contribution in [-0.2, 0) is 11.2 Å². The molecule has 4 nitrogen and oxygen atoms in total. The molecule has 0 saturated carbocycles. The Balaban J connectivity index is 2.05. The van der Waals surface area contributed by atoms with Gasteiger partial charge in [-0.15, -0.1) is 0 Å². The number of hydroxylamine groups is 1. The Morgan fingerprint density at radius 1 is 1.22 bits per heavy atom. The Kier molecular flexibility index (Phi) is 7.06. The van der Waals surface area contributed by atoms with Crippen molar-refractivity contribution in [3.8, 4) is 0 Å². The quantitative estimate of drug-likeness (QED) is 0.420. The van der Waals surface area contributed by atoms with Crippen molar-refractivity contribution in [2.75, 3.05) is 20.1 Å². The maximum Gasteiger partial charge on any atom is 0.244 e. The third-order valence-corrected chi connectivity index (χ3v) is 2.94. The highest BCUT2D eigenvalue weighted by Crippen LogP contribution is 2.05. The largest absolute Gasteiger partial charge is 0.306 e. The molecule has 100 valence electrons. The van der Waals surface area contributed by atoms with Crippen molar-refractivity contribution in [3.63, 3.8) is 0 Å². The molecule has 0 unspecified atom stereocenters. The van der Waals surface area contributed by atoms with E-state index in [0.29, 0.717) is 13.0 Å². The van der Waals surface area contributed by atoms with Crippen LogP contribution in [0.25, 0.3) is 0 Å². The number of carbonyl (C=O) groups is 1. The summed E-state index contributed by atoms with van der Waals surface area (Å²) in [6.07, 6.45) is 3.71. The van der Waals surface area contributed by atoms with E-state index in [9.17, 15) is 4.79 Å². The summed E-state index contributed by atoms with van der Waals surface area (Å²) in [7, 11) is 1.99. The Bertz CT molecular complexity index is 341. The number of aryl methyl sites for hydroxylation is 1. The van der Waals surface area contributed by atoms with Crippen LogP contribution in [0.4, 0.5) is 0 Å². The molecule has 0 aromatic heterocycles. The second kappa shape index (κ2) is 8.66. The highest BCUT2D eigenvalue weighted by molar-refractivity contribution is 5.74. The SMILES string of the molecule is CN(CCCCc1ccccc1)CCC(=O)NO. The average Bonchev–Trinajstić information content (AvgIpc) is 2.42. The van der Waals surface area contributed by atoms with E-state index < -0.39 is 0 Å². The smallest absolute Gasteiger partial charge is 0.244 e. The molecule has 0 radical (unpaired) electrons. The van der Waals surface area contributed by atoms with Crippen LogP contribution in [0.15, 0.2) is 30.3 Å². The van der Waals surface area contributed by atoms with E-state index in [4.69, 9.17) is 5.21 Å². The lowest BCUT2D eigenvalue weighted by Crippen LogP contribution is -2.27. The van der Waals surface area contributed by atoms with Crippen molar-refractivity contribution in [3.05, 3.63) is 35.9 Å². The summed E-state index contributed by atoms with van der Waals surface area (Å²) in [5.74, 6) is -0.328. The number of benzene rings is 1. The summed E-state index contributed by atoms with van der Waals surface area (Å²) in [5.41, 5.74) is 3.02. The zero-order chi connectivity index (χ0) is 13.2. The monoisotopic (exact) mass is 250 g/mol. The normalized spacial score (nSPS) is 10.6. The lowest BCUT2D eigenvalue weighted by Gasteiger charge is -2.15. The van der Waals surface area contributed by atoms with Crippen LogP contribution in [0.1, 0.15) is 24.8 Å². The zero-order valence-electron chi connectivity index (χ0n) is 10.9. The average molecular weight is 250 g/mol. The molecule has 0 atom stereocenters. The molecule has 0 aliphatic rings. The molecule has 0 spiro atoms. The fraction of sp³-hybridized carbons (Fsp3) is 0.500. The van der Waals surface area contributed by atoms with Crippen LogP contribution in [0.2, 0.25) is 0 Å². The van der Waals surface area contributed by atoms with E-state index in [1.165, 1.54) is 5.56 Å². The molecule has 0 heterocycles. The molecule has 2 N–H and O–H groups in total. The molecule has 1 amide bonds. The van der Waals surface area contributed by atoms with E-state index in [2.05, 4.69) is 29.2 Å². The summed E-state index contributed by atoms with van der Waals surface area (Å²) in [6, 6.07) is 10.5. The Morgan fingerprint density at radius 3 is 2.61 bits per heavy atom. The summed E-state index contributed by atoms with van der Waals surface area (Å²) < 4.78 is 0. The highest BCUT2D eigenvalue weighted by atomic mass is 16.5. The fourth-order valence-corrected chi connectivity index (χ4v) is 1.82. The standard InChI is InChI=1S/C14H22N2O2/c1-16(12-10-14(17)15-18)11-6-5-9-13-7-3-2-4-8-13/h2-4,7-8,18H,5-6,9-12H2,1H3,(H,15,17). The van der Waals surface area contributed by atoms with Crippen molar-refractivity contribution in [1.29, 1.82) is 0 Å². The number of amides is 1. The summed E-state index contributed by atoms with van der Waals surface area (Å²) in [4.78, 5) is 13.0. The first-order valence-electron chi connectivity index (χ1n) is 6.38. The lowest BCUT2D eigenvalue weighted by molar-refractivity contribution is -0.129. The molecular formula is C14H22N2O2. The molecule has 1 aromatic carbocycles. The van der Waals surface area contributed by atoms with Crippen LogP contribution in [0.5, 0.6) is 0 Å². The Morgan fingerprint density at radius 2 is 1.94 bits per heavy atom. The van der Waals surface area contributed by atoms with Gasteiger partial charge in [0.1, 0.15) is 0 Å². The van der Waals surface area contributed by atoms with Crippen LogP contribution >= 0.6 is 0 Å². The van der Waals surface area contributed by atoms with Crippen molar-refractivity contribution < 1.29 is 10.0 Å². The number of unbranched alkanes of at least 4 members (excludes halogenated alkanes) is 1. The predicted octanol–water partition coefficient (Wildman–Crippen LogP) is 1.84. The Labute approximate surface area is 109 Å². The minimum absolute atomic E-state index is 0.328. The second-order valence-corrected chi connectivity index (χ2v) is 4.53. The van der Waals surface area contributed by atoms with E-state index in [1.807, 2.05) is 13.1 Å². The molecule has 1 aromatic rings. The summed E-state index contributed by atoms with van der Waals surface area (Å²) in [5, 5.41) is 8.37. The van der Waals surface area contributed by atoms with E-state index in [0.717, 1.165) is 25.8 Å². The third-order valence-electron chi connectivity index (χ3n) is 2.94. The summed E-state index contributed by atoms with van der Waals surface area (Å²) >= 11 is 0. The number of hydrogen-bond donors (Lipinski definition) is 2. The van der Waals surface area contributed by atoms with E-state index >= 15 is 0 Å². The van der Waals surface area contributed by atoms with Crippen LogP contribution < -0.4 is 5.48 Å².